The topological polar surface area (TPSA) is 90.7 Å². The van der Waals surface area contributed by atoms with Gasteiger partial charge in [0, 0.05) is 10.7 Å². The summed E-state index contributed by atoms with van der Waals surface area (Å²) in [5.41, 5.74) is 5.45. The van der Waals surface area contributed by atoms with Gasteiger partial charge >= 0.3 is 6.36 Å². The van der Waals surface area contributed by atoms with Crippen LogP contribution in [-0.2, 0) is 4.79 Å². The largest absolute Gasteiger partial charge is 0.573 e. The van der Waals surface area contributed by atoms with Gasteiger partial charge in [0.25, 0.3) is 11.8 Å². The van der Waals surface area contributed by atoms with Gasteiger partial charge in [-0.1, -0.05) is 11.6 Å². The molecule has 0 bridgehead atoms. The molecule has 2 amide bonds. The third-order valence-electron chi connectivity index (χ3n) is 2.94. The van der Waals surface area contributed by atoms with E-state index in [4.69, 9.17) is 22.1 Å². The molecule has 3 N–H and O–H groups in total. The van der Waals surface area contributed by atoms with Gasteiger partial charge in [0.05, 0.1) is 5.56 Å². The zero-order valence-electron chi connectivity index (χ0n) is 13.0. The lowest BCUT2D eigenvalue weighted by atomic mass is 10.2. The molecule has 2 rings (SSSR count). The van der Waals surface area contributed by atoms with E-state index in [9.17, 15) is 22.8 Å². The number of anilines is 1. The average Bonchev–Trinajstić information content (AvgIpc) is 2.54. The van der Waals surface area contributed by atoms with Crippen molar-refractivity contribution in [3.05, 3.63) is 53.1 Å². The molecule has 0 spiro atoms. The number of carbonyl (C=O) groups is 2. The van der Waals surface area contributed by atoms with Gasteiger partial charge in [-0.15, -0.1) is 13.2 Å². The monoisotopic (exact) mass is 388 g/mol. The van der Waals surface area contributed by atoms with Crippen LogP contribution in [0.1, 0.15) is 10.4 Å². The van der Waals surface area contributed by atoms with E-state index in [1.807, 2.05) is 0 Å². The van der Waals surface area contributed by atoms with Crippen LogP contribution in [0.25, 0.3) is 0 Å². The Labute approximate surface area is 150 Å². The fourth-order valence-corrected chi connectivity index (χ4v) is 2.07. The second-order valence-corrected chi connectivity index (χ2v) is 5.35. The molecule has 26 heavy (non-hydrogen) atoms. The van der Waals surface area contributed by atoms with Gasteiger partial charge in [0.2, 0.25) is 0 Å². The van der Waals surface area contributed by atoms with Crippen LogP contribution in [0, 0.1) is 0 Å². The van der Waals surface area contributed by atoms with E-state index in [2.05, 4.69) is 10.1 Å². The number of hydrogen-bond acceptors (Lipinski definition) is 4. The minimum atomic E-state index is -4.80. The molecular formula is C16H12ClF3N2O4. The number of alkyl halides is 3. The van der Waals surface area contributed by atoms with E-state index in [1.54, 1.807) is 0 Å². The molecule has 0 atom stereocenters. The molecule has 0 unspecified atom stereocenters. The quantitative estimate of drug-likeness (QED) is 0.794. The minimum Gasteiger partial charge on any atom is -0.483 e. The van der Waals surface area contributed by atoms with E-state index in [0.717, 1.165) is 12.1 Å². The average molecular weight is 389 g/mol. The van der Waals surface area contributed by atoms with Gasteiger partial charge in [0.1, 0.15) is 11.5 Å². The third kappa shape index (κ3) is 5.85. The summed E-state index contributed by atoms with van der Waals surface area (Å²) in [5.74, 6) is -1.71. The highest BCUT2D eigenvalue weighted by atomic mass is 35.5. The van der Waals surface area contributed by atoms with Crippen LogP contribution in [0.2, 0.25) is 5.02 Å². The van der Waals surface area contributed by atoms with Gasteiger partial charge in [-0.3, -0.25) is 9.59 Å². The van der Waals surface area contributed by atoms with Crippen LogP contribution in [0.15, 0.2) is 42.5 Å². The van der Waals surface area contributed by atoms with E-state index in [0.29, 0.717) is 0 Å². The first-order valence-corrected chi connectivity index (χ1v) is 7.39. The zero-order valence-corrected chi connectivity index (χ0v) is 13.7. The third-order valence-corrected chi connectivity index (χ3v) is 3.17. The predicted molar refractivity (Wildman–Crippen MR) is 87.2 cm³/mol. The van der Waals surface area contributed by atoms with E-state index >= 15 is 0 Å². The predicted octanol–water partition coefficient (Wildman–Crippen LogP) is 3.36. The van der Waals surface area contributed by atoms with Crippen LogP contribution >= 0.6 is 11.6 Å². The van der Waals surface area contributed by atoms with Crippen molar-refractivity contribution in [1.29, 1.82) is 0 Å². The molecule has 6 nitrogen and oxygen atoms in total. The van der Waals surface area contributed by atoms with Crippen LogP contribution < -0.4 is 20.5 Å². The van der Waals surface area contributed by atoms with Crippen molar-refractivity contribution in [2.75, 3.05) is 11.9 Å². The Bertz CT molecular complexity index is 810. The number of benzene rings is 2. The molecule has 0 radical (unpaired) electrons. The Morgan fingerprint density at radius 3 is 2.35 bits per heavy atom. The maximum absolute atomic E-state index is 12.1. The van der Waals surface area contributed by atoms with Crippen molar-refractivity contribution < 1.29 is 32.2 Å². The Morgan fingerprint density at radius 2 is 1.77 bits per heavy atom. The summed E-state index contributed by atoms with van der Waals surface area (Å²) in [6, 6.07) is 8.71. The van der Waals surface area contributed by atoms with E-state index in [-0.39, 0.29) is 22.0 Å². The fourth-order valence-electron chi connectivity index (χ4n) is 1.90. The Balaban J connectivity index is 1.94. The summed E-state index contributed by atoms with van der Waals surface area (Å²) in [6.07, 6.45) is -4.80. The molecule has 0 aliphatic heterocycles. The number of nitrogens with two attached hydrogens (primary N) is 1. The summed E-state index contributed by atoms with van der Waals surface area (Å²) in [6.45, 7) is -0.456. The van der Waals surface area contributed by atoms with Crippen molar-refractivity contribution >= 4 is 29.1 Å². The molecule has 0 aliphatic carbocycles. The summed E-state index contributed by atoms with van der Waals surface area (Å²) in [4.78, 5) is 23.2. The smallest absolute Gasteiger partial charge is 0.483 e. The number of rotatable bonds is 6. The Hall–Kier alpha value is -2.94. The molecule has 0 aliphatic rings. The van der Waals surface area contributed by atoms with Crippen molar-refractivity contribution in [2.24, 2.45) is 5.73 Å². The Morgan fingerprint density at radius 1 is 1.12 bits per heavy atom. The highest BCUT2D eigenvalue weighted by Crippen LogP contribution is 2.24. The zero-order chi connectivity index (χ0) is 19.3. The first-order valence-electron chi connectivity index (χ1n) is 7.02. The van der Waals surface area contributed by atoms with Gasteiger partial charge in [-0.05, 0) is 42.5 Å². The van der Waals surface area contributed by atoms with Crippen LogP contribution in [-0.4, -0.2) is 24.8 Å². The number of nitrogens with one attached hydrogen (secondary N) is 1. The van der Waals surface area contributed by atoms with Crippen LogP contribution in [0.4, 0.5) is 18.9 Å². The van der Waals surface area contributed by atoms with Gasteiger partial charge in [-0.25, -0.2) is 0 Å². The van der Waals surface area contributed by atoms with Crippen molar-refractivity contribution in [3.8, 4) is 11.5 Å². The highest BCUT2D eigenvalue weighted by molar-refractivity contribution is 6.31. The summed E-state index contributed by atoms with van der Waals surface area (Å²) < 4.78 is 45.2. The van der Waals surface area contributed by atoms with Crippen molar-refractivity contribution in [2.45, 2.75) is 6.36 Å². The SMILES string of the molecule is NC(=O)c1cc(Cl)ccc1OCC(=O)Nc1ccc(OC(F)(F)F)cc1. The highest BCUT2D eigenvalue weighted by Gasteiger charge is 2.30. The van der Waals surface area contributed by atoms with Gasteiger partial charge in [0.15, 0.2) is 6.61 Å². The van der Waals surface area contributed by atoms with Crippen molar-refractivity contribution in [1.82, 2.24) is 0 Å². The maximum Gasteiger partial charge on any atom is 0.573 e. The molecule has 0 saturated carbocycles. The fraction of sp³-hybridized carbons (Fsp3) is 0.125. The molecule has 0 fully saturated rings. The second kappa shape index (κ2) is 7.96. The molecular weight excluding hydrogens is 377 g/mol. The number of primary amides is 1. The molecule has 2 aromatic carbocycles. The Kier molecular flexibility index (Phi) is 5.93. The normalized spacial score (nSPS) is 10.9. The van der Waals surface area contributed by atoms with E-state index in [1.165, 1.54) is 30.3 Å². The molecule has 0 heterocycles. The first-order chi connectivity index (χ1) is 12.1. The lowest BCUT2D eigenvalue weighted by Crippen LogP contribution is -2.21. The first kappa shape index (κ1) is 19.4. The van der Waals surface area contributed by atoms with Gasteiger partial charge in [-0.2, -0.15) is 0 Å². The summed E-state index contributed by atoms with van der Waals surface area (Å²) in [5, 5.41) is 2.69. The summed E-state index contributed by atoms with van der Waals surface area (Å²) in [7, 11) is 0. The second-order valence-electron chi connectivity index (χ2n) is 4.91. The number of halogens is 4. The van der Waals surface area contributed by atoms with E-state index < -0.39 is 30.5 Å². The number of hydrogen-bond donors (Lipinski definition) is 2. The molecule has 2 aromatic rings. The number of carbonyl (C=O) groups excluding carboxylic acids is 2. The lowest BCUT2D eigenvalue weighted by molar-refractivity contribution is -0.274. The summed E-state index contributed by atoms with van der Waals surface area (Å²) >= 11 is 5.76. The van der Waals surface area contributed by atoms with Crippen molar-refractivity contribution in [3.63, 3.8) is 0 Å². The number of amides is 2. The van der Waals surface area contributed by atoms with Gasteiger partial charge < -0.3 is 20.5 Å². The van der Waals surface area contributed by atoms with Crippen LogP contribution in [0.3, 0.4) is 0 Å². The molecule has 0 saturated heterocycles. The molecule has 10 heteroatoms. The lowest BCUT2D eigenvalue weighted by Gasteiger charge is -2.11. The molecule has 138 valence electrons. The maximum atomic E-state index is 12.1. The van der Waals surface area contributed by atoms with Crippen LogP contribution in [0.5, 0.6) is 11.5 Å². The number of ether oxygens (including phenoxy) is 2. The molecule has 0 aromatic heterocycles. The minimum absolute atomic E-state index is 0.0129. The standard InChI is InChI=1S/C16H12ClF3N2O4/c17-9-1-6-13(12(7-9)15(21)24)25-8-14(23)22-10-2-4-11(5-3-10)26-16(18,19)20/h1-7H,8H2,(H2,21,24)(H,22,23).